The maximum absolute atomic E-state index is 11.8. The number of hydrogen-bond acceptors (Lipinski definition) is 2. The van der Waals surface area contributed by atoms with Crippen molar-refractivity contribution in [3.63, 3.8) is 0 Å². The summed E-state index contributed by atoms with van der Waals surface area (Å²) in [5.41, 5.74) is 0.797. The normalized spacial score (nSPS) is 12.0. The fraction of sp³-hybridized carbons (Fsp3) is 0.455. The largest absolute Gasteiger partial charge is 0.214 e. The van der Waals surface area contributed by atoms with Crippen LogP contribution < -0.4 is 0 Å². The van der Waals surface area contributed by atoms with Crippen molar-refractivity contribution in [2.45, 2.75) is 13.0 Å². The van der Waals surface area contributed by atoms with Gasteiger partial charge in [0.15, 0.2) is 0 Å². The average Bonchev–Trinajstić information content (AvgIpc) is 2.29. The smallest absolute Gasteiger partial charge is 0.212 e. The summed E-state index contributed by atoms with van der Waals surface area (Å²) in [7, 11) is -1.70. The molecule has 17 heavy (non-hydrogen) atoms. The van der Waals surface area contributed by atoms with Gasteiger partial charge >= 0.3 is 0 Å². The van der Waals surface area contributed by atoms with Gasteiger partial charge in [0.25, 0.3) is 0 Å². The maximum atomic E-state index is 11.8. The molecule has 0 heterocycles. The molecule has 0 atom stereocenters. The van der Waals surface area contributed by atoms with E-state index < -0.39 is 10.0 Å². The summed E-state index contributed by atoms with van der Waals surface area (Å²) in [6.45, 7) is 0.282. The Morgan fingerprint density at radius 2 is 1.94 bits per heavy atom. The minimum atomic E-state index is -3.25. The fourth-order valence-corrected chi connectivity index (χ4v) is 3.00. The third-order valence-corrected chi connectivity index (χ3v) is 4.88. The number of rotatable bonds is 6. The zero-order valence-electron chi connectivity index (χ0n) is 9.57. The molecule has 0 N–H and O–H groups in total. The standard InChI is InChI=1S/C11H15Cl2NO2S/c1-14(17(15,16)8-4-7-12)9-10-5-2-3-6-11(10)13/h2-3,5-6H,4,7-9H2,1H3. The van der Waals surface area contributed by atoms with E-state index in [0.29, 0.717) is 17.3 Å². The van der Waals surface area contributed by atoms with Crippen molar-refractivity contribution in [3.05, 3.63) is 34.9 Å². The lowest BCUT2D eigenvalue weighted by Crippen LogP contribution is -2.29. The molecule has 0 fully saturated rings. The molecule has 0 aliphatic rings. The van der Waals surface area contributed by atoms with Gasteiger partial charge in [-0.05, 0) is 18.1 Å². The van der Waals surface area contributed by atoms with Crippen LogP contribution in [-0.4, -0.2) is 31.4 Å². The third-order valence-electron chi connectivity index (χ3n) is 2.36. The summed E-state index contributed by atoms with van der Waals surface area (Å²) < 4.78 is 25.0. The monoisotopic (exact) mass is 295 g/mol. The molecule has 0 saturated heterocycles. The predicted octanol–water partition coefficient (Wildman–Crippen LogP) is 2.73. The molecule has 1 aromatic carbocycles. The minimum absolute atomic E-state index is 0.0669. The van der Waals surface area contributed by atoms with Gasteiger partial charge in [0.05, 0.1) is 5.75 Å². The Labute approximate surface area is 112 Å². The summed E-state index contributed by atoms with van der Waals surface area (Å²) in [5, 5.41) is 0.576. The molecule has 0 aliphatic carbocycles. The van der Waals surface area contributed by atoms with Gasteiger partial charge in [-0.1, -0.05) is 29.8 Å². The molecule has 6 heteroatoms. The molecule has 0 aromatic heterocycles. The molecule has 1 aromatic rings. The number of alkyl halides is 1. The number of sulfonamides is 1. The van der Waals surface area contributed by atoms with Crippen LogP contribution in [-0.2, 0) is 16.6 Å². The highest BCUT2D eigenvalue weighted by Gasteiger charge is 2.18. The summed E-state index contributed by atoms with van der Waals surface area (Å²) >= 11 is 11.5. The number of nitrogens with zero attached hydrogens (tertiary/aromatic N) is 1. The molecule has 0 spiro atoms. The van der Waals surface area contributed by atoms with Crippen LogP contribution in [0.1, 0.15) is 12.0 Å². The van der Waals surface area contributed by atoms with E-state index in [2.05, 4.69) is 0 Å². The van der Waals surface area contributed by atoms with E-state index in [4.69, 9.17) is 23.2 Å². The molecule has 3 nitrogen and oxygen atoms in total. The van der Waals surface area contributed by atoms with Crippen LogP contribution in [0.15, 0.2) is 24.3 Å². The lowest BCUT2D eigenvalue weighted by Gasteiger charge is -2.17. The Hall–Kier alpha value is -0.290. The van der Waals surface area contributed by atoms with Crippen molar-refractivity contribution in [2.24, 2.45) is 0 Å². The second-order valence-corrected chi connectivity index (χ2v) is 6.69. The van der Waals surface area contributed by atoms with Crippen molar-refractivity contribution < 1.29 is 8.42 Å². The lowest BCUT2D eigenvalue weighted by molar-refractivity contribution is 0.466. The molecule has 1 rings (SSSR count). The first kappa shape index (κ1) is 14.8. The molecule has 0 aliphatic heterocycles. The maximum Gasteiger partial charge on any atom is 0.214 e. The second kappa shape index (κ2) is 6.59. The predicted molar refractivity (Wildman–Crippen MR) is 72.0 cm³/mol. The summed E-state index contributed by atoms with van der Waals surface area (Å²) in [5.74, 6) is 0.413. The van der Waals surface area contributed by atoms with Crippen LogP contribution in [0.2, 0.25) is 5.02 Å². The topological polar surface area (TPSA) is 37.4 Å². The first-order valence-corrected chi connectivity index (χ1v) is 7.73. The van der Waals surface area contributed by atoms with Gasteiger partial charge in [-0.2, -0.15) is 0 Å². The van der Waals surface area contributed by atoms with E-state index >= 15 is 0 Å². The van der Waals surface area contributed by atoms with E-state index in [-0.39, 0.29) is 12.3 Å². The van der Waals surface area contributed by atoms with Crippen molar-refractivity contribution in [2.75, 3.05) is 18.7 Å². The van der Waals surface area contributed by atoms with Gasteiger partial charge in [0.2, 0.25) is 10.0 Å². The Morgan fingerprint density at radius 1 is 1.29 bits per heavy atom. The van der Waals surface area contributed by atoms with Crippen molar-refractivity contribution in [1.29, 1.82) is 0 Å². The zero-order valence-corrected chi connectivity index (χ0v) is 11.9. The van der Waals surface area contributed by atoms with Crippen LogP contribution in [0, 0.1) is 0 Å². The number of hydrogen-bond donors (Lipinski definition) is 0. The SMILES string of the molecule is CN(Cc1ccccc1Cl)S(=O)(=O)CCCCl. The van der Waals surface area contributed by atoms with Crippen LogP contribution in [0.25, 0.3) is 0 Å². The van der Waals surface area contributed by atoms with Crippen LogP contribution in [0.5, 0.6) is 0 Å². The molecule has 0 saturated carbocycles. The molecular formula is C11H15Cl2NO2S. The van der Waals surface area contributed by atoms with Gasteiger partial charge in [-0.25, -0.2) is 12.7 Å². The van der Waals surface area contributed by atoms with E-state index in [1.54, 1.807) is 13.1 Å². The van der Waals surface area contributed by atoms with E-state index in [0.717, 1.165) is 5.56 Å². The van der Waals surface area contributed by atoms with Gasteiger partial charge in [-0.3, -0.25) is 0 Å². The van der Waals surface area contributed by atoms with E-state index in [9.17, 15) is 8.42 Å². The van der Waals surface area contributed by atoms with Crippen LogP contribution in [0.4, 0.5) is 0 Å². The Bertz CT molecular complexity index is 462. The van der Waals surface area contributed by atoms with Crippen molar-refractivity contribution in [3.8, 4) is 0 Å². The number of halogens is 2. The molecule has 0 unspecified atom stereocenters. The van der Waals surface area contributed by atoms with Crippen LogP contribution >= 0.6 is 23.2 Å². The van der Waals surface area contributed by atoms with Gasteiger partial charge in [0, 0.05) is 24.5 Å². The van der Waals surface area contributed by atoms with Gasteiger partial charge in [-0.15, -0.1) is 11.6 Å². The molecule has 0 radical (unpaired) electrons. The van der Waals surface area contributed by atoms with E-state index in [1.807, 2.05) is 18.2 Å². The minimum Gasteiger partial charge on any atom is -0.212 e. The first-order chi connectivity index (χ1) is 7.97. The number of benzene rings is 1. The first-order valence-electron chi connectivity index (χ1n) is 5.21. The van der Waals surface area contributed by atoms with Gasteiger partial charge < -0.3 is 0 Å². The van der Waals surface area contributed by atoms with Gasteiger partial charge in [0.1, 0.15) is 0 Å². The molecule has 96 valence electrons. The molecule has 0 bridgehead atoms. The summed E-state index contributed by atoms with van der Waals surface area (Å²) in [6.07, 6.45) is 0.455. The quantitative estimate of drug-likeness (QED) is 0.757. The van der Waals surface area contributed by atoms with Crippen molar-refractivity contribution >= 4 is 33.2 Å². The average molecular weight is 296 g/mol. The van der Waals surface area contributed by atoms with Crippen molar-refractivity contribution in [1.82, 2.24) is 4.31 Å². The Morgan fingerprint density at radius 3 is 2.53 bits per heavy atom. The third kappa shape index (κ3) is 4.47. The highest BCUT2D eigenvalue weighted by Crippen LogP contribution is 2.18. The lowest BCUT2D eigenvalue weighted by atomic mass is 10.2. The second-order valence-electron chi connectivity index (χ2n) is 3.71. The van der Waals surface area contributed by atoms with Crippen LogP contribution in [0.3, 0.4) is 0 Å². The molecular weight excluding hydrogens is 281 g/mol. The Balaban J connectivity index is 2.72. The molecule has 0 amide bonds. The summed E-state index contributed by atoms with van der Waals surface area (Å²) in [4.78, 5) is 0. The highest BCUT2D eigenvalue weighted by atomic mass is 35.5. The fourth-order valence-electron chi connectivity index (χ4n) is 1.36. The highest BCUT2D eigenvalue weighted by molar-refractivity contribution is 7.89. The van der Waals surface area contributed by atoms with E-state index in [1.165, 1.54) is 4.31 Å². The summed E-state index contributed by atoms with van der Waals surface area (Å²) in [6, 6.07) is 7.21. The Kier molecular flexibility index (Phi) is 5.73. The zero-order chi connectivity index (χ0) is 12.9.